The first kappa shape index (κ1) is 12.2. The second-order valence-corrected chi connectivity index (χ2v) is 6.14. The molecule has 0 saturated heterocycles. The van der Waals surface area contributed by atoms with Crippen molar-refractivity contribution < 1.29 is 0 Å². The number of hydrogen-bond acceptors (Lipinski definition) is 2. The van der Waals surface area contributed by atoms with Crippen molar-refractivity contribution in [3.63, 3.8) is 0 Å². The van der Waals surface area contributed by atoms with E-state index in [0.29, 0.717) is 6.04 Å². The summed E-state index contributed by atoms with van der Waals surface area (Å²) in [5.74, 6) is 1.90. The van der Waals surface area contributed by atoms with E-state index in [1.165, 1.54) is 43.4 Å². The molecule has 3 rings (SSSR count). The molecule has 2 aliphatic rings. The van der Waals surface area contributed by atoms with Gasteiger partial charge in [-0.05, 0) is 51.0 Å². The van der Waals surface area contributed by atoms with Crippen molar-refractivity contribution in [1.82, 2.24) is 15.1 Å². The minimum Gasteiger partial charge on any atom is -0.313 e. The molecule has 2 aliphatic carbocycles. The number of rotatable bonds is 5. The van der Waals surface area contributed by atoms with E-state index in [0.717, 1.165) is 24.9 Å². The van der Waals surface area contributed by atoms with Crippen LogP contribution in [-0.4, -0.2) is 16.3 Å². The van der Waals surface area contributed by atoms with Crippen LogP contribution in [0.25, 0.3) is 0 Å². The predicted molar refractivity (Wildman–Crippen MR) is 73.4 cm³/mol. The van der Waals surface area contributed by atoms with Crippen molar-refractivity contribution >= 4 is 0 Å². The molecule has 3 unspecified atom stereocenters. The summed E-state index contributed by atoms with van der Waals surface area (Å²) < 4.78 is 2.28. The molecule has 2 saturated carbocycles. The van der Waals surface area contributed by atoms with Gasteiger partial charge >= 0.3 is 0 Å². The minimum absolute atomic E-state index is 0.697. The van der Waals surface area contributed by atoms with Gasteiger partial charge in [-0.15, -0.1) is 0 Å². The summed E-state index contributed by atoms with van der Waals surface area (Å²) in [6.07, 6.45) is 9.20. The average molecular weight is 247 g/mol. The molecule has 100 valence electrons. The van der Waals surface area contributed by atoms with E-state index in [4.69, 9.17) is 5.10 Å². The lowest BCUT2D eigenvalue weighted by atomic mass is 9.95. The molecule has 2 fully saturated rings. The molecule has 3 nitrogen and oxygen atoms in total. The highest BCUT2D eigenvalue weighted by molar-refractivity contribution is 5.16. The quantitative estimate of drug-likeness (QED) is 0.810. The summed E-state index contributed by atoms with van der Waals surface area (Å²) in [4.78, 5) is 0. The number of fused-ring (bicyclic) bond motifs is 2. The van der Waals surface area contributed by atoms with E-state index in [1.807, 2.05) is 0 Å². The molecule has 1 aromatic heterocycles. The van der Waals surface area contributed by atoms with E-state index < -0.39 is 0 Å². The van der Waals surface area contributed by atoms with E-state index in [2.05, 4.69) is 30.0 Å². The highest BCUT2D eigenvalue weighted by atomic mass is 15.3. The van der Waals surface area contributed by atoms with E-state index in [9.17, 15) is 0 Å². The second-order valence-electron chi connectivity index (χ2n) is 6.14. The van der Waals surface area contributed by atoms with E-state index >= 15 is 0 Å². The Hall–Kier alpha value is -0.830. The van der Waals surface area contributed by atoms with Crippen molar-refractivity contribution in [2.45, 2.75) is 58.5 Å². The Bertz CT molecular complexity index is 410. The highest BCUT2D eigenvalue weighted by Crippen LogP contribution is 2.50. The summed E-state index contributed by atoms with van der Waals surface area (Å²) in [5, 5.41) is 8.24. The van der Waals surface area contributed by atoms with Gasteiger partial charge in [0.05, 0.1) is 11.7 Å². The standard InChI is InChI=1S/C15H25N3/c1-3-6-16-9-14-10-18(17-11(14)2)15-8-12-4-5-13(15)7-12/h10,12-13,15-16H,3-9H2,1-2H3. The molecule has 0 radical (unpaired) electrons. The van der Waals surface area contributed by atoms with E-state index in [1.54, 1.807) is 0 Å². The fourth-order valence-electron chi connectivity index (χ4n) is 3.80. The van der Waals surface area contributed by atoms with Gasteiger partial charge < -0.3 is 5.32 Å². The molecule has 0 spiro atoms. The maximum Gasteiger partial charge on any atom is 0.0638 e. The number of nitrogens with zero attached hydrogens (tertiary/aromatic N) is 2. The van der Waals surface area contributed by atoms with Crippen molar-refractivity contribution in [1.29, 1.82) is 0 Å². The molecule has 0 aliphatic heterocycles. The predicted octanol–water partition coefficient (Wildman–Crippen LogP) is 3.05. The highest BCUT2D eigenvalue weighted by Gasteiger charge is 2.40. The number of hydrogen-bond donors (Lipinski definition) is 1. The van der Waals surface area contributed by atoms with Gasteiger partial charge in [0, 0.05) is 18.3 Å². The molecule has 1 aromatic rings. The summed E-state index contributed by atoms with van der Waals surface area (Å²) in [5.41, 5.74) is 2.59. The largest absolute Gasteiger partial charge is 0.313 e. The van der Waals surface area contributed by atoms with Crippen LogP contribution in [0, 0.1) is 18.8 Å². The Balaban J connectivity index is 1.68. The third-order valence-electron chi connectivity index (χ3n) is 4.80. The van der Waals surface area contributed by atoms with Gasteiger partial charge in [-0.1, -0.05) is 13.3 Å². The Labute approximate surface area is 110 Å². The Morgan fingerprint density at radius 2 is 2.28 bits per heavy atom. The molecule has 0 amide bonds. The van der Waals surface area contributed by atoms with Gasteiger partial charge in [0.25, 0.3) is 0 Å². The molecule has 18 heavy (non-hydrogen) atoms. The maximum atomic E-state index is 4.77. The average Bonchev–Trinajstić information content (AvgIpc) is 3.05. The fraction of sp³-hybridized carbons (Fsp3) is 0.800. The van der Waals surface area contributed by atoms with Gasteiger partial charge in [-0.2, -0.15) is 5.10 Å². The Kier molecular flexibility index (Phi) is 3.42. The van der Waals surface area contributed by atoms with Crippen LogP contribution in [0.3, 0.4) is 0 Å². The topological polar surface area (TPSA) is 29.9 Å². The number of nitrogens with one attached hydrogen (secondary N) is 1. The first-order valence-electron chi connectivity index (χ1n) is 7.53. The second kappa shape index (κ2) is 5.04. The lowest BCUT2D eigenvalue weighted by Crippen LogP contribution is -2.17. The smallest absolute Gasteiger partial charge is 0.0638 e. The molecule has 2 bridgehead atoms. The zero-order valence-corrected chi connectivity index (χ0v) is 11.7. The van der Waals surface area contributed by atoms with Crippen molar-refractivity contribution in [2.75, 3.05) is 6.54 Å². The van der Waals surface area contributed by atoms with Crippen molar-refractivity contribution in [3.8, 4) is 0 Å². The maximum absolute atomic E-state index is 4.77. The van der Waals surface area contributed by atoms with Crippen LogP contribution >= 0.6 is 0 Å². The van der Waals surface area contributed by atoms with Gasteiger partial charge in [0.1, 0.15) is 0 Å². The Morgan fingerprint density at radius 1 is 1.39 bits per heavy atom. The minimum atomic E-state index is 0.697. The normalized spacial score (nSPS) is 30.2. The number of aryl methyl sites for hydroxylation is 1. The van der Waals surface area contributed by atoms with Crippen LogP contribution in [-0.2, 0) is 6.54 Å². The Morgan fingerprint density at radius 3 is 2.94 bits per heavy atom. The summed E-state index contributed by atoms with van der Waals surface area (Å²) in [6, 6.07) is 0.697. The lowest BCUT2D eigenvalue weighted by Gasteiger charge is -2.21. The summed E-state index contributed by atoms with van der Waals surface area (Å²) in [6.45, 7) is 6.42. The van der Waals surface area contributed by atoms with Crippen LogP contribution < -0.4 is 5.32 Å². The molecular weight excluding hydrogens is 222 g/mol. The molecule has 3 heteroatoms. The van der Waals surface area contributed by atoms with Crippen molar-refractivity contribution in [2.24, 2.45) is 11.8 Å². The third-order valence-corrected chi connectivity index (χ3v) is 4.80. The first-order chi connectivity index (χ1) is 8.78. The van der Waals surface area contributed by atoms with E-state index in [-0.39, 0.29) is 0 Å². The SMILES string of the molecule is CCCNCc1cn(C2CC3CCC2C3)nc1C. The monoisotopic (exact) mass is 247 g/mol. The van der Waals surface area contributed by atoms with Crippen LogP contribution in [0.2, 0.25) is 0 Å². The molecule has 0 aromatic carbocycles. The molecule has 1 heterocycles. The lowest BCUT2D eigenvalue weighted by molar-refractivity contribution is 0.306. The van der Waals surface area contributed by atoms with Crippen LogP contribution in [0.5, 0.6) is 0 Å². The number of aromatic nitrogens is 2. The molecule has 1 N–H and O–H groups in total. The molecular formula is C15H25N3. The summed E-state index contributed by atoms with van der Waals surface area (Å²) in [7, 11) is 0. The summed E-state index contributed by atoms with van der Waals surface area (Å²) >= 11 is 0. The van der Waals surface area contributed by atoms with Gasteiger partial charge in [-0.25, -0.2) is 0 Å². The van der Waals surface area contributed by atoms with Gasteiger partial charge in [0.15, 0.2) is 0 Å². The third kappa shape index (κ3) is 2.20. The first-order valence-corrected chi connectivity index (χ1v) is 7.53. The fourth-order valence-corrected chi connectivity index (χ4v) is 3.80. The molecule has 3 atom stereocenters. The van der Waals surface area contributed by atoms with Crippen molar-refractivity contribution in [3.05, 3.63) is 17.5 Å². The van der Waals surface area contributed by atoms with Gasteiger partial charge in [0.2, 0.25) is 0 Å². The van der Waals surface area contributed by atoms with Crippen LogP contribution in [0.1, 0.15) is 56.3 Å². The van der Waals surface area contributed by atoms with Crippen LogP contribution in [0.15, 0.2) is 6.20 Å². The zero-order valence-electron chi connectivity index (χ0n) is 11.7. The van der Waals surface area contributed by atoms with Gasteiger partial charge in [-0.3, -0.25) is 4.68 Å². The zero-order chi connectivity index (χ0) is 12.5. The van der Waals surface area contributed by atoms with Crippen LogP contribution in [0.4, 0.5) is 0 Å².